The fourth-order valence-corrected chi connectivity index (χ4v) is 3.33. The summed E-state index contributed by atoms with van der Waals surface area (Å²) in [5.74, 6) is 1.50. The Balaban J connectivity index is 2.07. The molecule has 0 aliphatic heterocycles. The summed E-state index contributed by atoms with van der Waals surface area (Å²) in [6.45, 7) is 4.63. The molecule has 2 N–H and O–H groups in total. The van der Waals surface area contributed by atoms with Crippen molar-refractivity contribution < 1.29 is 0 Å². The van der Waals surface area contributed by atoms with Crippen molar-refractivity contribution in [1.29, 1.82) is 0 Å². The highest BCUT2D eigenvalue weighted by molar-refractivity contribution is 5.09. The third-order valence-corrected chi connectivity index (χ3v) is 3.57. The van der Waals surface area contributed by atoms with E-state index in [0.29, 0.717) is 0 Å². The van der Waals surface area contributed by atoms with E-state index in [9.17, 15) is 0 Å². The number of rotatable bonds is 2. The second-order valence-electron chi connectivity index (χ2n) is 5.71. The molecule has 1 heterocycles. The maximum Gasteiger partial charge on any atom is 0.0421 e. The summed E-state index contributed by atoms with van der Waals surface area (Å²) < 4.78 is 0. The molecule has 1 aliphatic carbocycles. The standard InChI is InChI=1S/C14H22N2/c1-11-7-12(2)9-14(15,8-11)10-13-5-3-4-6-16-13/h3-6,11-12H,7-10,15H2,1-2H3. The van der Waals surface area contributed by atoms with Gasteiger partial charge in [-0.25, -0.2) is 0 Å². The van der Waals surface area contributed by atoms with Crippen LogP contribution in [0, 0.1) is 11.8 Å². The van der Waals surface area contributed by atoms with Gasteiger partial charge in [0.2, 0.25) is 0 Å². The van der Waals surface area contributed by atoms with Gasteiger partial charge in [-0.2, -0.15) is 0 Å². The molecule has 2 atom stereocenters. The van der Waals surface area contributed by atoms with Gasteiger partial charge in [-0.1, -0.05) is 19.9 Å². The summed E-state index contributed by atoms with van der Waals surface area (Å²) in [4.78, 5) is 4.39. The Morgan fingerprint density at radius 3 is 2.56 bits per heavy atom. The highest BCUT2D eigenvalue weighted by Gasteiger charge is 2.34. The van der Waals surface area contributed by atoms with Gasteiger partial charge in [-0.15, -0.1) is 0 Å². The van der Waals surface area contributed by atoms with Gasteiger partial charge in [0.1, 0.15) is 0 Å². The Morgan fingerprint density at radius 2 is 2.00 bits per heavy atom. The van der Waals surface area contributed by atoms with Gasteiger partial charge in [-0.05, 0) is 43.2 Å². The maximum absolute atomic E-state index is 6.53. The van der Waals surface area contributed by atoms with Gasteiger partial charge in [0.15, 0.2) is 0 Å². The lowest BCUT2D eigenvalue weighted by Gasteiger charge is -2.40. The average Bonchev–Trinajstić information content (AvgIpc) is 2.15. The fraction of sp³-hybridized carbons (Fsp3) is 0.643. The monoisotopic (exact) mass is 218 g/mol. The molecule has 1 aromatic rings. The van der Waals surface area contributed by atoms with Crippen LogP contribution >= 0.6 is 0 Å². The lowest BCUT2D eigenvalue weighted by molar-refractivity contribution is 0.181. The molecule has 2 rings (SSSR count). The largest absolute Gasteiger partial charge is 0.325 e. The molecule has 0 bridgehead atoms. The van der Waals surface area contributed by atoms with E-state index in [1.807, 2.05) is 18.3 Å². The Morgan fingerprint density at radius 1 is 1.31 bits per heavy atom. The Hall–Kier alpha value is -0.890. The minimum absolute atomic E-state index is 0.0363. The first-order chi connectivity index (χ1) is 7.57. The van der Waals surface area contributed by atoms with Crippen molar-refractivity contribution in [3.63, 3.8) is 0 Å². The second-order valence-corrected chi connectivity index (χ2v) is 5.71. The first kappa shape index (κ1) is 11.6. The molecule has 0 radical (unpaired) electrons. The van der Waals surface area contributed by atoms with Crippen LogP contribution in [-0.4, -0.2) is 10.5 Å². The van der Waals surface area contributed by atoms with Crippen molar-refractivity contribution in [2.45, 2.75) is 45.1 Å². The van der Waals surface area contributed by atoms with Crippen LogP contribution in [0.2, 0.25) is 0 Å². The second kappa shape index (κ2) is 4.54. The summed E-state index contributed by atoms with van der Waals surface area (Å²) in [7, 11) is 0. The zero-order valence-electron chi connectivity index (χ0n) is 10.3. The van der Waals surface area contributed by atoms with E-state index in [1.54, 1.807) is 0 Å². The lowest BCUT2D eigenvalue weighted by Crippen LogP contribution is -2.48. The minimum Gasteiger partial charge on any atom is -0.325 e. The number of hydrogen-bond acceptors (Lipinski definition) is 2. The normalized spacial score (nSPS) is 34.9. The van der Waals surface area contributed by atoms with Gasteiger partial charge in [0.25, 0.3) is 0 Å². The molecule has 0 saturated heterocycles. The molecule has 1 fully saturated rings. The van der Waals surface area contributed by atoms with E-state index < -0.39 is 0 Å². The van der Waals surface area contributed by atoms with Crippen molar-refractivity contribution in [2.24, 2.45) is 17.6 Å². The van der Waals surface area contributed by atoms with Crippen LogP contribution in [0.4, 0.5) is 0 Å². The van der Waals surface area contributed by atoms with Crippen LogP contribution in [0.1, 0.15) is 38.8 Å². The van der Waals surface area contributed by atoms with E-state index in [2.05, 4.69) is 24.9 Å². The van der Waals surface area contributed by atoms with E-state index in [-0.39, 0.29) is 5.54 Å². The average molecular weight is 218 g/mol. The Kier molecular flexibility index (Phi) is 3.29. The topological polar surface area (TPSA) is 38.9 Å². The van der Waals surface area contributed by atoms with E-state index in [0.717, 1.165) is 36.8 Å². The molecule has 1 aromatic heterocycles. The first-order valence-electron chi connectivity index (χ1n) is 6.26. The summed E-state index contributed by atoms with van der Waals surface area (Å²) in [6, 6.07) is 6.08. The SMILES string of the molecule is CC1CC(C)CC(N)(Cc2ccccn2)C1. The van der Waals surface area contributed by atoms with Crippen LogP contribution in [0.15, 0.2) is 24.4 Å². The van der Waals surface area contributed by atoms with E-state index in [1.165, 1.54) is 6.42 Å². The highest BCUT2D eigenvalue weighted by atomic mass is 14.8. The molecular formula is C14H22N2. The maximum atomic E-state index is 6.53. The molecule has 1 saturated carbocycles. The Bertz CT molecular complexity index is 324. The predicted molar refractivity (Wildman–Crippen MR) is 67.0 cm³/mol. The van der Waals surface area contributed by atoms with E-state index >= 15 is 0 Å². The molecule has 16 heavy (non-hydrogen) atoms. The zero-order valence-corrected chi connectivity index (χ0v) is 10.3. The van der Waals surface area contributed by atoms with E-state index in [4.69, 9.17) is 5.73 Å². The molecule has 0 aromatic carbocycles. The molecule has 2 nitrogen and oxygen atoms in total. The quantitative estimate of drug-likeness (QED) is 0.829. The smallest absolute Gasteiger partial charge is 0.0421 e. The molecular weight excluding hydrogens is 196 g/mol. The summed E-state index contributed by atoms with van der Waals surface area (Å²) in [6.07, 6.45) is 6.36. The highest BCUT2D eigenvalue weighted by Crippen LogP contribution is 2.35. The first-order valence-corrected chi connectivity index (χ1v) is 6.26. The summed E-state index contributed by atoms with van der Waals surface area (Å²) in [5.41, 5.74) is 7.63. The third kappa shape index (κ3) is 2.82. The Labute approximate surface area is 98.3 Å². The van der Waals surface area contributed by atoms with Crippen molar-refractivity contribution in [2.75, 3.05) is 0 Å². The molecule has 88 valence electrons. The van der Waals surface area contributed by atoms with Gasteiger partial charge >= 0.3 is 0 Å². The number of nitrogens with zero attached hydrogens (tertiary/aromatic N) is 1. The van der Waals surface area contributed by atoms with Crippen molar-refractivity contribution in [1.82, 2.24) is 4.98 Å². The molecule has 0 spiro atoms. The van der Waals surface area contributed by atoms with Gasteiger partial charge < -0.3 is 5.73 Å². The number of nitrogens with two attached hydrogens (primary N) is 1. The number of pyridine rings is 1. The van der Waals surface area contributed by atoms with Crippen LogP contribution in [0.3, 0.4) is 0 Å². The molecule has 1 aliphatic rings. The minimum atomic E-state index is -0.0363. The molecule has 0 amide bonds. The summed E-state index contributed by atoms with van der Waals surface area (Å²) >= 11 is 0. The van der Waals surface area contributed by atoms with Crippen molar-refractivity contribution in [3.05, 3.63) is 30.1 Å². The molecule has 2 unspecified atom stereocenters. The van der Waals surface area contributed by atoms with Crippen molar-refractivity contribution >= 4 is 0 Å². The third-order valence-electron chi connectivity index (χ3n) is 3.57. The zero-order chi connectivity index (χ0) is 11.6. The van der Waals surface area contributed by atoms with Gasteiger partial charge in [-0.3, -0.25) is 4.98 Å². The van der Waals surface area contributed by atoms with Crippen LogP contribution in [0.5, 0.6) is 0 Å². The van der Waals surface area contributed by atoms with Crippen LogP contribution in [0.25, 0.3) is 0 Å². The van der Waals surface area contributed by atoms with Gasteiger partial charge in [0, 0.05) is 23.9 Å². The van der Waals surface area contributed by atoms with Crippen LogP contribution in [-0.2, 0) is 6.42 Å². The van der Waals surface area contributed by atoms with Gasteiger partial charge in [0.05, 0.1) is 0 Å². The predicted octanol–water partition coefficient (Wildman–Crippen LogP) is 2.78. The lowest BCUT2D eigenvalue weighted by atomic mass is 9.70. The summed E-state index contributed by atoms with van der Waals surface area (Å²) in [5, 5.41) is 0. The number of aromatic nitrogens is 1. The molecule has 2 heteroatoms. The fourth-order valence-electron chi connectivity index (χ4n) is 3.33. The number of hydrogen-bond donors (Lipinski definition) is 1. The van der Waals surface area contributed by atoms with Crippen molar-refractivity contribution in [3.8, 4) is 0 Å². The van der Waals surface area contributed by atoms with Crippen LogP contribution < -0.4 is 5.73 Å².